The van der Waals surface area contributed by atoms with Crippen LogP contribution in [0.4, 0.5) is 14.5 Å². The lowest BCUT2D eigenvalue weighted by Gasteiger charge is -2.19. The molecule has 0 spiro atoms. The Balaban J connectivity index is 2.90. The Morgan fingerprint density at radius 1 is 1.25 bits per heavy atom. The van der Waals surface area contributed by atoms with Gasteiger partial charge in [0.05, 0.1) is 0 Å². The third kappa shape index (κ3) is 2.94. The smallest absolute Gasteiger partial charge is 0.152 e. The van der Waals surface area contributed by atoms with Crippen LogP contribution in [0.15, 0.2) is 12.1 Å². The first-order valence-corrected chi connectivity index (χ1v) is 5.81. The molecule has 0 bridgehead atoms. The molecule has 1 nitrogen and oxygen atoms in total. The summed E-state index contributed by atoms with van der Waals surface area (Å²) in [7, 11) is 0. The minimum Gasteiger partial charge on any atom is -0.378 e. The first-order chi connectivity index (χ1) is 7.60. The number of aryl methyl sites for hydroxylation is 1. The van der Waals surface area contributed by atoms with Gasteiger partial charge in [-0.05, 0) is 31.4 Å². The van der Waals surface area contributed by atoms with Gasteiger partial charge in [0.2, 0.25) is 0 Å². The van der Waals surface area contributed by atoms with Gasteiger partial charge >= 0.3 is 0 Å². The molecular weight excluding hydrogens is 208 g/mol. The van der Waals surface area contributed by atoms with E-state index in [0.29, 0.717) is 5.56 Å². The normalized spacial score (nSPS) is 12.6. The first-order valence-electron chi connectivity index (χ1n) is 5.81. The highest BCUT2D eigenvalue weighted by Gasteiger charge is 2.14. The van der Waals surface area contributed by atoms with Crippen LogP contribution in [0, 0.1) is 18.6 Å². The van der Waals surface area contributed by atoms with Gasteiger partial charge in [-0.2, -0.15) is 0 Å². The van der Waals surface area contributed by atoms with Crippen molar-refractivity contribution >= 4 is 5.69 Å². The molecule has 0 heterocycles. The van der Waals surface area contributed by atoms with Gasteiger partial charge in [0.15, 0.2) is 5.82 Å². The highest BCUT2D eigenvalue weighted by Crippen LogP contribution is 2.23. The summed E-state index contributed by atoms with van der Waals surface area (Å²) in [6.45, 7) is 5.72. The van der Waals surface area contributed by atoms with E-state index in [4.69, 9.17) is 0 Å². The minimum atomic E-state index is -0.516. The molecule has 0 aliphatic rings. The summed E-state index contributed by atoms with van der Waals surface area (Å²) in [5, 5.41) is 2.96. The Bertz CT molecular complexity index is 350. The minimum absolute atomic E-state index is 0.0142. The van der Waals surface area contributed by atoms with E-state index in [0.717, 1.165) is 19.3 Å². The lowest BCUT2D eigenvalue weighted by molar-refractivity contribution is 0.562. The van der Waals surface area contributed by atoms with Crippen LogP contribution in [-0.2, 0) is 0 Å². The summed E-state index contributed by atoms with van der Waals surface area (Å²) in [4.78, 5) is 0. The molecule has 0 fully saturated rings. The van der Waals surface area contributed by atoms with Gasteiger partial charge in [0.25, 0.3) is 0 Å². The maximum atomic E-state index is 13.7. The van der Waals surface area contributed by atoms with Crippen molar-refractivity contribution in [2.75, 3.05) is 5.32 Å². The Morgan fingerprint density at radius 2 is 1.94 bits per heavy atom. The number of halogens is 2. The van der Waals surface area contributed by atoms with Crippen LogP contribution in [0.1, 0.15) is 38.7 Å². The van der Waals surface area contributed by atoms with Crippen LogP contribution in [0.3, 0.4) is 0 Å². The molecule has 1 rings (SSSR count). The van der Waals surface area contributed by atoms with Crippen molar-refractivity contribution in [1.82, 2.24) is 0 Å². The third-order valence-electron chi connectivity index (χ3n) is 2.76. The van der Waals surface area contributed by atoms with Crippen LogP contribution in [0.5, 0.6) is 0 Å². The van der Waals surface area contributed by atoms with E-state index in [9.17, 15) is 8.78 Å². The van der Waals surface area contributed by atoms with Gasteiger partial charge < -0.3 is 5.32 Å². The Kier molecular flexibility index (Phi) is 4.71. The van der Waals surface area contributed by atoms with Crippen LogP contribution in [0.2, 0.25) is 0 Å². The molecule has 3 heteroatoms. The summed E-state index contributed by atoms with van der Waals surface area (Å²) in [6.07, 6.45) is 2.78. The van der Waals surface area contributed by atoms with E-state index in [2.05, 4.69) is 12.2 Å². The number of hydrogen-bond acceptors (Lipinski definition) is 1. The standard InChI is InChI=1S/C13H19F2N/c1-4-6-10(5-2)16-13-11(14)8-7-9(3)12(13)15/h7-8,10,16H,4-6H2,1-3H3. The number of nitrogens with one attached hydrogen (secondary N) is 1. The van der Waals surface area contributed by atoms with Gasteiger partial charge in [-0.15, -0.1) is 0 Å². The molecule has 0 amide bonds. The SMILES string of the molecule is CCCC(CC)Nc1c(F)ccc(C)c1F. The van der Waals surface area contributed by atoms with Crippen molar-refractivity contribution in [2.24, 2.45) is 0 Å². The topological polar surface area (TPSA) is 12.0 Å². The van der Waals surface area contributed by atoms with E-state index in [1.165, 1.54) is 12.1 Å². The van der Waals surface area contributed by atoms with Crippen LogP contribution >= 0.6 is 0 Å². The number of anilines is 1. The number of benzene rings is 1. The summed E-state index contributed by atoms with van der Waals surface area (Å²) in [5.41, 5.74) is 0.482. The lowest BCUT2D eigenvalue weighted by Crippen LogP contribution is -2.20. The zero-order chi connectivity index (χ0) is 12.1. The average molecular weight is 227 g/mol. The molecule has 90 valence electrons. The summed E-state index contributed by atoms with van der Waals surface area (Å²) >= 11 is 0. The fraction of sp³-hybridized carbons (Fsp3) is 0.538. The summed E-state index contributed by atoms with van der Waals surface area (Å²) < 4.78 is 27.2. The van der Waals surface area contributed by atoms with E-state index < -0.39 is 11.6 Å². The molecule has 16 heavy (non-hydrogen) atoms. The van der Waals surface area contributed by atoms with Gasteiger partial charge in [0.1, 0.15) is 11.5 Å². The molecule has 1 unspecified atom stereocenters. The van der Waals surface area contributed by atoms with Crippen LogP contribution < -0.4 is 5.32 Å². The molecule has 0 saturated carbocycles. The predicted molar refractivity (Wildman–Crippen MR) is 63.7 cm³/mol. The molecular formula is C13H19F2N. The fourth-order valence-corrected chi connectivity index (χ4v) is 1.72. The first kappa shape index (κ1) is 12.9. The number of rotatable bonds is 5. The lowest BCUT2D eigenvalue weighted by atomic mass is 10.1. The maximum absolute atomic E-state index is 13.7. The Morgan fingerprint density at radius 3 is 2.50 bits per heavy atom. The Hall–Kier alpha value is -1.12. The monoisotopic (exact) mass is 227 g/mol. The second kappa shape index (κ2) is 5.83. The van der Waals surface area contributed by atoms with Crippen molar-refractivity contribution in [1.29, 1.82) is 0 Å². The van der Waals surface area contributed by atoms with Crippen molar-refractivity contribution in [3.63, 3.8) is 0 Å². The van der Waals surface area contributed by atoms with E-state index in [-0.39, 0.29) is 11.7 Å². The fourth-order valence-electron chi connectivity index (χ4n) is 1.72. The molecule has 0 aromatic heterocycles. The zero-order valence-corrected chi connectivity index (χ0v) is 10.1. The quantitative estimate of drug-likeness (QED) is 0.792. The van der Waals surface area contributed by atoms with Gasteiger partial charge in [0, 0.05) is 6.04 Å². The van der Waals surface area contributed by atoms with Crippen molar-refractivity contribution in [3.8, 4) is 0 Å². The average Bonchev–Trinajstić information content (AvgIpc) is 2.28. The second-order valence-electron chi connectivity index (χ2n) is 4.09. The van der Waals surface area contributed by atoms with Gasteiger partial charge in [-0.25, -0.2) is 8.78 Å². The molecule has 0 aliphatic carbocycles. The van der Waals surface area contributed by atoms with E-state index in [1.54, 1.807) is 6.92 Å². The van der Waals surface area contributed by atoms with Crippen molar-refractivity contribution < 1.29 is 8.78 Å². The zero-order valence-electron chi connectivity index (χ0n) is 10.1. The molecule has 1 aromatic rings. The Labute approximate surface area is 95.9 Å². The highest BCUT2D eigenvalue weighted by molar-refractivity contribution is 5.49. The van der Waals surface area contributed by atoms with Crippen LogP contribution in [0.25, 0.3) is 0 Å². The molecule has 1 aromatic carbocycles. The van der Waals surface area contributed by atoms with Crippen molar-refractivity contribution in [3.05, 3.63) is 29.3 Å². The van der Waals surface area contributed by atoms with E-state index in [1.807, 2.05) is 6.92 Å². The van der Waals surface area contributed by atoms with Crippen LogP contribution in [-0.4, -0.2) is 6.04 Å². The molecule has 1 atom stereocenters. The van der Waals surface area contributed by atoms with Gasteiger partial charge in [-0.3, -0.25) is 0 Å². The molecule has 0 aliphatic heterocycles. The highest BCUT2D eigenvalue weighted by atomic mass is 19.1. The largest absolute Gasteiger partial charge is 0.378 e. The maximum Gasteiger partial charge on any atom is 0.152 e. The molecule has 0 radical (unpaired) electrons. The second-order valence-corrected chi connectivity index (χ2v) is 4.09. The van der Waals surface area contributed by atoms with Crippen molar-refractivity contribution in [2.45, 2.75) is 46.1 Å². The van der Waals surface area contributed by atoms with E-state index >= 15 is 0 Å². The third-order valence-corrected chi connectivity index (χ3v) is 2.76. The summed E-state index contributed by atoms with van der Waals surface area (Å²) in [5.74, 6) is -0.993. The van der Waals surface area contributed by atoms with Gasteiger partial charge in [-0.1, -0.05) is 26.3 Å². The number of hydrogen-bond donors (Lipinski definition) is 1. The predicted octanol–water partition coefficient (Wildman–Crippen LogP) is 4.26. The molecule has 1 N–H and O–H groups in total. The summed E-state index contributed by atoms with van der Waals surface area (Å²) in [6, 6.07) is 2.89. The molecule has 0 saturated heterocycles.